The van der Waals surface area contributed by atoms with Gasteiger partial charge in [-0.25, -0.2) is 13.4 Å². The van der Waals surface area contributed by atoms with E-state index < -0.39 is 14.8 Å². The van der Waals surface area contributed by atoms with Gasteiger partial charge in [0.2, 0.25) is 0 Å². The maximum absolute atomic E-state index is 11.5. The highest BCUT2D eigenvalue weighted by Crippen LogP contribution is 2.23. The Balaban J connectivity index is 2.17. The molecule has 1 atom stereocenters. The summed E-state index contributed by atoms with van der Waals surface area (Å²) in [4.78, 5) is 14.0. The van der Waals surface area contributed by atoms with Gasteiger partial charge in [0.1, 0.15) is 11.0 Å². The molecule has 0 bridgehead atoms. The minimum Gasteiger partial charge on any atom is -0.366 e. The molecule has 7 nitrogen and oxygen atoms in total. The minimum absolute atomic E-state index is 0.00429. The van der Waals surface area contributed by atoms with E-state index in [1.165, 1.54) is 6.07 Å². The van der Waals surface area contributed by atoms with Crippen LogP contribution in [0.5, 0.6) is 0 Å². The molecule has 1 aliphatic heterocycles. The third-order valence-corrected chi connectivity index (χ3v) is 4.82. The number of hydrogen-bond acceptors (Lipinski definition) is 6. The van der Waals surface area contributed by atoms with Crippen LogP contribution in [0, 0.1) is 10.1 Å². The van der Waals surface area contributed by atoms with Crippen molar-refractivity contribution in [3.05, 3.63) is 27.4 Å². The van der Waals surface area contributed by atoms with Crippen molar-refractivity contribution >= 4 is 32.9 Å². The third kappa shape index (κ3) is 3.77. The first kappa shape index (κ1) is 14.0. The number of nitro groups is 1. The van der Waals surface area contributed by atoms with E-state index in [0.29, 0.717) is 12.8 Å². The third-order valence-electron chi connectivity index (χ3n) is 2.80. The van der Waals surface area contributed by atoms with Crippen molar-refractivity contribution in [3.63, 3.8) is 0 Å². The van der Waals surface area contributed by atoms with Crippen molar-refractivity contribution < 1.29 is 13.3 Å². The summed E-state index contributed by atoms with van der Waals surface area (Å²) in [5, 5.41) is 13.6. The van der Waals surface area contributed by atoms with Gasteiger partial charge in [-0.15, -0.1) is 0 Å². The van der Waals surface area contributed by atoms with Crippen molar-refractivity contribution in [2.75, 3.05) is 16.8 Å². The van der Waals surface area contributed by atoms with Gasteiger partial charge in [0.15, 0.2) is 9.84 Å². The van der Waals surface area contributed by atoms with E-state index in [4.69, 9.17) is 11.6 Å². The standard InChI is InChI=1S/C10H12ClN3O4S/c11-9-4-8(14(15)16)5-10(13-9)12-7-2-1-3-19(17,18)6-7/h4-5,7H,1-3,6H2,(H,12,13). The van der Waals surface area contributed by atoms with Gasteiger partial charge in [-0.05, 0) is 12.8 Å². The number of sulfone groups is 1. The van der Waals surface area contributed by atoms with Crippen LogP contribution in [0.1, 0.15) is 12.8 Å². The van der Waals surface area contributed by atoms with Gasteiger partial charge in [-0.1, -0.05) is 11.6 Å². The summed E-state index contributed by atoms with van der Waals surface area (Å²) >= 11 is 5.69. The second kappa shape index (κ2) is 5.30. The lowest BCUT2D eigenvalue weighted by Gasteiger charge is -2.23. The Morgan fingerprint density at radius 3 is 2.84 bits per heavy atom. The molecular formula is C10H12ClN3O4S. The molecule has 1 aliphatic rings. The summed E-state index contributed by atoms with van der Waals surface area (Å²) in [5.41, 5.74) is -0.179. The van der Waals surface area contributed by atoms with Crippen LogP contribution in [0.15, 0.2) is 12.1 Å². The van der Waals surface area contributed by atoms with E-state index in [1.54, 1.807) is 0 Å². The number of rotatable bonds is 3. The van der Waals surface area contributed by atoms with Crippen LogP contribution >= 0.6 is 11.6 Å². The molecule has 1 saturated heterocycles. The summed E-state index contributed by atoms with van der Waals surface area (Å²) in [5.74, 6) is 0.421. The number of nitrogens with zero attached hydrogens (tertiary/aromatic N) is 2. The zero-order valence-electron chi connectivity index (χ0n) is 9.87. The predicted octanol–water partition coefficient (Wildman–Crippen LogP) is 1.63. The molecule has 1 aromatic rings. The molecular weight excluding hydrogens is 294 g/mol. The second-order valence-corrected chi connectivity index (χ2v) is 7.00. The molecule has 0 saturated carbocycles. The molecule has 104 valence electrons. The maximum atomic E-state index is 11.5. The molecule has 19 heavy (non-hydrogen) atoms. The first-order valence-electron chi connectivity index (χ1n) is 5.65. The topological polar surface area (TPSA) is 102 Å². The monoisotopic (exact) mass is 305 g/mol. The second-order valence-electron chi connectivity index (χ2n) is 4.39. The molecule has 2 rings (SSSR count). The fourth-order valence-corrected chi connectivity index (χ4v) is 3.85. The lowest BCUT2D eigenvalue weighted by atomic mass is 10.2. The minimum atomic E-state index is -3.05. The Morgan fingerprint density at radius 2 is 2.21 bits per heavy atom. The van der Waals surface area contributed by atoms with E-state index in [2.05, 4.69) is 10.3 Å². The van der Waals surface area contributed by atoms with Crippen molar-refractivity contribution in [2.45, 2.75) is 18.9 Å². The zero-order valence-corrected chi connectivity index (χ0v) is 11.4. The number of hydrogen-bond donors (Lipinski definition) is 1. The Morgan fingerprint density at radius 1 is 1.47 bits per heavy atom. The van der Waals surface area contributed by atoms with Gasteiger partial charge in [0.25, 0.3) is 5.69 Å². The largest absolute Gasteiger partial charge is 0.366 e. The smallest absolute Gasteiger partial charge is 0.276 e. The van der Waals surface area contributed by atoms with Crippen molar-refractivity contribution in [1.82, 2.24) is 4.98 Å². The van der Waals surface area contributed by atoms with Gasteiger partial charge < -0.3 is 5.32 Å². The molecule has 0 spiro atoms. The van der Waals surface area contributed by atoms with E-state index in [1.807, 2.05) is 0 Å². The maximum Gasteiger partial charge on any atom is 0.276 e. The molecule has 9 heteroatoms. The highest BCUT2D eigenvalue weighted by Gasteiger charge is 2.25. The van der Waals surface area contributed by atoms with Crippen molar-refractivity contribution in [1.29, 1.82) is 0 Å². The molecule has 1 N–H and O–H groups in total. The van der Waals surface area contributed by atoms with Crippen LogP contribution in [-0.4, -0.2) is 35.9 Å². The number of anilines is 1. The SMILES string of the molecule is O=[N+]([O-])c1cc(Cl)nc(NC2CCCS(=O)(=O)C2)c1. The molecule has 0 aliphatic carbocycles. The van der Waals surface area contributed by atoms with Gasteiger partial charge in [0.05, 0.1) is 28.6 Å². The number of nitrogens with one attached hydrogen (secondary N) is 1. The molecule has 1 fully saturated rings. The lowest BCUT2D eigenvalue weighted by Crippen LogP contribution is -2.35. The highest BCUT2D eigenvalue weighted by molar-refractivity contribution is 7.91. The predicted molar refractivity (Wildman–Crippen MR) is 71.2 cm³/mol. The van der Waals surface area contributed by atoms with Crippen LogP contribution in [0.3, 0.4) is 0 Å². The average molecular weight is 306 g/mol. The summed E-state index contributed by atoms with van der Waals surface area (Å²) in [6.07, 6.45) is 1.25. The van der Waals surface area contributed by atoms with Crippen LogP contribution in [0.25, 0.3) is 0 Å². The van der Waals surface area contributed by atoms with Crippen molar-refractivity contribution in [2.24, 2.45) is 0 Å². The van der Waals surface area contributed by atoms with E-state index in [9.17, 15) is 18.5 Å². The first-order chi connectivity index (χ1) is 8.85. The van der Waals surface area contributed by atoms with Crippen LogP contribution in [0.4, 0.5) is 11.5 Å². The lowest BCUT2D eigenvalue weighted by molar-refractivity contribution is -0.384. The number of pyridine rings is 1. The highest BCUT2D eigenvalue weighted by atomic mass is 35.5. The van der Waals surface area contributed by atoms with Crippen LogP contribution in [-0.2, 0) is 9.84 Å². The number of halogens is 1. The average Bonchev–Trinajstić information content (AvgIpc) is 2.26. The van der Waals surface area contributed by atoms with E-state index in [0.717, 1.165) is 6.07 Å². The van der Waals surface area contributed by atoms with Crippen LogP contribution < -0.4 is 5.32 Å². The summed E-state index contributed by atoms with van der Waals surface area (Å²) in [6.45, 7) is 0. The van der Waals surface area contributed by atoms with Crippen molar-refractivity contribution in [3.8, 4) is 0 Å². The van der Waals surface area contributed by atoms with Gasteiger partial charge in [0, 0.05) is 6.04 Å². The Hall–Kier alpha value is -1.41. The fourth-order valence-electron chi connectivity index (χ4n) is 2.01. The molecule has 0 radical (unpaired) electrons. The van der Waals surface area contributed by atoms with Gasteiger partial charge in [-0.3, -0.25) is 10.1 Å². The zero-order chi connectivity index (χ0) is 14.0. The summed E-state index contributed by atoms with van der Waals surface area (Å²) in [6, 6.07) is 2.10. The Bertz CT molecular complexity index is 605. The van der Waals surface area contributed by atoms with Gasteiger partial charge in [-0.2, -0.15) is 0 Å². The number of aromatic nitrogens is 1. The van der Waals surface area contributed by atoms with E-state index in [-0.39, 0.29) is 34.2 Å². The Kier molecular flexibility index (Phi) is 3.91. The Labute approximate surface area is 115 Å². The molecule has 1 unspecified atom stereocenters. The summed E-state index contributed by atoms with van der Waals surface area (Å²) < 4.78 is 23.0. The molecule has 1 aromatic heterocycles. The quantitative estimate of drug-likeness (QED) is 0.517. The van der Waals surface area contributed by atoms with Gasteiger partial charge >= 0.3 is 0 Å². The fraction of sp³-hybridized carbons (Fsp3) is 0.500. The molecule has 0 aromatic carbocycles. The van der Waals surface area contributed by atoms with E-state index >= 15 is 0 Å². The first-order valence-corrected chi connectivity index (χ1v) is 7.84. The molecule has 0 amide bonds. The normalized spacial score (nSPS) is 21.8. The summed E-state index contributed by atoms with van der Waals surface area (Å²) in [7, 11) is -3.05. The van der Waals surface area contributed by atoms with Crippen LogP contribution in [0.2, 0.25) is 5.15 Å². The molecule has 2 heterocycles.